The lowest BCUT2D eigenvalue weighted by Crippen LogP contribution is -2.31. The van der Waals surface area contributed by atoms with Gasteiger partial charge in [-0.15, -0.1) is 0 Å². The summed E-state index contributed by atoms with van der Waals surface area (Å²) in [6.07, 6.45) is 6.13. The number of aryl methyl sites for hydroxylation is 1. The van der Waals surface area contributed by atoms with E-state index in [0.717, 1.165) is 37.5 Å². The van der Waals surface area contributed by atoms with Gasteiger partial charge in [0, 0.05) is 18.7 Å². The van der Waals surface area contributed by atoms with Crippen LogP contribution in [-0.4, -0.2) is 25.4 Å². The average Bonchev–Trinajstić information content (AvgIpc) is 3.37. The molecular formula is C22H18N6O2S. The Kier molecular flexibility index (Phi) is 4.59. The van der Waals surface area contributed by atoms with Crippen LogP contribution in [0.1, 0.15) is 28.9 Å². The number of benzene rings is 1. The third-order valence-corrected chi connectivity index (χ3v) is 6.13. The quantitative estimate of drug-likeness (QED) is 0.348. The van der Waals surface area contributed by atoms with Crippen molar-refractivity contribution in [1.82, 2.24) is 24.8 Å². The van der Waals surface area contributed by atoms with Gasteiger partial charge in [-0.25, -0.2) is 15.0 Å². The SMILES string of the molecule is C[C@H](NC(=O)c1ccc[n+]([O-])c1)c1cccc(-c2nc3c(ncc4ncn(C)c43)s2)c1. The molecule has 0 bridgehead atoms. The van der Waals surface area contributed by atoms with Gasteiger partial charge in [0.15, 0.2) is 12.4 Å². The van der Waals surface area contributed by atoms with E-state index >= 15 is 0 Å². The lowest BCUT2D eigenvalue weighted by atomic mass is 10.0. The molecule has 0 aliphatic rings. The van der Waals surface area contributed by atoms with Crippen molar-refractivity contribution in [3.05, 3.63) is 77.7 Å². The largest absolute Gasteiger partial charge is 0.619 e. The van der Waals surface area contributed by atoms with Crippen molar-refractivity contribution in [2.24, 2.45) is 7.05 Å². The summed E-state index contributed by atoms with van der Waals surface area (Å²) in [7, 11) is 1.94. The minimum absolute atomic E-state index is 0.246. The van der Waals surface area contributed by atoms with Crippen molar-refractivity contribution in [1.29, 1.82) is 0 Å². The maximum absolute atomic E-state index is 12.5. The van der Waals surface area contributed by atoms with Gasteiger partial charge in [-0.3, -0.25) is 4.79 Å². The predicted octanol–water partition coefficient (Wildman–Crippen LogP) is 3.37. The molecule has 1 atom stereocenters. The molecule has 0 unspecified atom stereocenters. The van der Waals surface area contributed by atoms with Crippen LogP contribution in [0.15, 0.2) is 61.3 Å². The fourth-order valence-electron chi connectivity index (χ4n) is 3.52. The second-order valence-electron chi connectivity index (χ2n) is 7.29. The number of imidazole rings is 1. The normalized spacial score (nSPS) is 12.3. The van der Waals surface area contributed by atoms with E-state index in [9.17, 15) is 10.0 Å². The highest BCUT2D eigenvalue weighted by atomic mass is 32.1. The lowest BCUT2D eigenvalue weighted by molar-refractivity contribution is -0.605. The topological polar surface area (TPSA) is 99.6 Å². The summed E-state index contributed by atoms with van der Waals surface area (Å²) in [5, 5.41) is 15.2. The van der Waals surface area contributed by atoms with Crippen molar-refractivity contribution in [3.8, 4) is 10.6 Å². The van der Waals surface area contributed by atoms with Crippen molar-refractivity contribution in [3.63, 3.8) is 0 Å². The second kappa shape index (κ2) is 7.44. The molecule has 0 aliphatic heterocycles. The number of fused-ring (bicyclic) bond motifs is 3. The third-order valence-electron chi connectivity index (χ3n) is 5.12. The van der Waals surface area contributed by atoms with E-state index in [-0.39, 0.29) is 11.9 Å². The maximum atomic E-state index is 12.5. The van der Waals surface area contributed by atoms with Gasteiger partial charge in [0.1, 0.15) is 26.4 Å². The molecule has 0 spiro atoms. The number of aromatic nitrogens is 5. The zero-order valence-corrected chi connectivity index (χ0v) is 17.6. The molecule has 1 aromatic carbocycles. The number of nitrogens with zero attached hydrogens (tertiary/aromatic N) is 5. The molecule has 5 aromatic rings. The van der Waals surface area contributed by atoms with Crippen LogP contribution in [0.25, 0.3) is 32.0 Å². The molecule has 0 radical (unpaired) electrons. The van der Waals surface area contributed by atoms with E-state index < -0.39 is 0 Å². The summed E-state index contributed by atoms with van der Waals surface area (Å²) >= 11 is 1.52. The van der Waals surface area contributed by atoms with Crippen LogP contribution in [0.2, 0.25) is 0 Å². The lowest BCUT2D eigenvalue weighted by Gasteiger charge is -2.15. The number of nitrogens with one attached hydrogen (secondary N) is 1. The number of amides is 1. The van der Waals surface area contributed by atoms with E-state index in [4.69, 9.17) is 4.98 Å². The van der Waals surface area contributed by atoms with Crippen LogP contribution in [0.3, 0.4) is 0 Å². The molecule has 31 heavy (non-hydrogen) atoms. The van der Waals surface area contributed by atoms with Crippen LogP contribution in [0.4, 0.5) is 0 Å². The Balaban J connectivity index is 1.45. The van der Waals surface area contributed by atoms with Crippen LogP contribution in [-0.2, 0) is 7.05 Å². The molecule has 8 nitrogen and oxygen atoms in total. The molecule has 0 fully saturated rings. The van der Waals surface area contributed by atoms with Gasteiger partial charge in [-0.1, -0.05) is 29.5 Å². The number of carbonyl (C=O) groups is 1. The van der Waals surface area contributed by atoms with E-state index in [0.29, 0.717) is 10.3 Å². The van der Waals surface area contributed by atoms with Crippen molar-refractivity contribution >= 4 is 38.6 Å². The van der Waals surface area contributed by atoms with Gasteiger partial charge >= 0.3 is 0 Å². The minimum atomic E-state index is -0.300. The van der Waals surface area contributed by atoms with Gasteiger partial charge in [0.05, 0.1) is 24.1 Å². The Morgan fingerprint density at radius 3 is 2.97 bits per heavy atom. The summed E-state index contributed by atoms with van der Waals surface area (Å²) in [6.45, 7) is 1.91. The number of hydrogen-bond acceptors (Lipinski definition) is 6. The Labute approximate surface area is 181 Å². The molecule has 0 aliphatic carbocycles. The Morgan fingerprint density at radius 1 is 1.26 bits per heavy atom. The molecule has 0 saturated carbocycles. The van der Waals surface area contributed by atoms with E-state index in [1.54, 1.807) is 24.7 Å². The van der Waals surface area contributed by atoms with E-state index in [1.807, 2.05) is 42.8 Å². The zero-order valence-electron chi connectivity index (χ0n) is 16.8. The van der Waals surface area contributed by atoms with Gasteiger partial charge < -0.3 is 15.1 Å². The van der Waals surface area contributed by atoms with Gasteiger partial charge in [0.2, 0.25) is 0 Å². The molecule has 5 rings (SSSR count). The second-order valence-corrected chi connectivity index (χ2v) is 8.27. The van der Waals surface area contributed by atoms with Crippen LogP contribution in [0.5, 0.6) is 0 Å². The Bertz CT molecular complexity index is 1440. The summed E-state index contributed by atoms with van der Waals surface area (Å²) in [5.41, 5.74) is 4.82. The van der Waals surface area contributed by atoms with Crippen molar-refractivity contribution in [2.75, 3.05) is 0 Å². The first-order valence-electron chi connectivity index (χ1n) is 9.66. The fraction of sp³-hybridized carbons (Fsp3) is 0.136. The fourth-order valence-corrected chi connectivity index (χ4v) is 4.43. The highest BCUT2D eigenvalue weighted by molar-refractivity contribution is 7.21. The summed E-state index contributed by atoms with van der Waals surface area (Å²) in [6, 6.07) is 10.8. The van der Waals surface area contributed by atoms with Crippen LogP contribution >= 0.6 is 11.3 Å². The summed E-state index contributed by atoms with van der Waals surface area (Å²) < 4.78 is 2.56. The maximum Gasteiger partial charge on any atom is 0.257 e. The number of carbonyl (C=O) groups excluding carboxylic acids is 1. The molecule has 154 valence electrons. The van der Waals surface area contributed by atoms with Crippen LogP contribution < -0.4 is 10.0 Å². The molecule has 1 N–H and O–H groups in total. The monoisotopic (exact) mass is 430 g/mol. The first-order chi connectivity index (χ1) is 15.0. The number of thiazole rings is 1. The van der Waals surface area contributed by atoms with E-state index in [2.05, 4.69) is 15.3 Å². The molecule has 0 saturated heterocycles. The number of rotatable bonds is 4. The summed E-state index contributed by atoms with van der Waals surface area (Å²) in [4.78, 5) is 27.0. The first-order valence-corrected chi connectivity index (χ1v) is 10.5. The molecule has 1 amide bonds. The predicted molar refractivity (Wildman–Crippen MR) is 118 cm³/mol. The van der Waals surface area contributed by atoms with Gasteiger partial charge in [-0.2, -0.15) is 4.73 Å². The number of pyridine rings is 2. The van der Waals surface area contributed by atoms with E-state index in [1.165, 1.54) is 23.7 Å². The van der Waals surface area contributed by atoms with Gasteiger partial charge in [-0.05, 0) is 24.6 Å². The zero-order chi connectivity index (χ0) is 21.5. The molecule has 9 heteroatoms. The molecular weight excluding hydrogens is 412 g/mol. The number of hydrogen-bond donors (Lipinski definition) is 1. The average molecular weight is 430 g/mol. The first kappa shape index (κ1) is 19.1. The smallest absolute Gasteiger partial charge is 0.257 e. The highest BCUT2D eigenvalue weighted by Crippen LogP contribution is 2.33. The van der Waals surface area contributed by atoms with Crippen molar-refractivity contribution < 1.29 is 9.52 Å². The van der Waals surface area contributed by atoms with Gasteiger partial charge in [0.25, 0.3) is 5.91 Å². The molecule has 4 heterocycles. The Hall–Kier alpha value is -3.85. The summed E-state index contributed by atoms with van der Waals surface area (Å²) in [5.74, 6) is -0.300. The minimum Gasteiger partial charge on any atom is -0.619 e. The standard InChI is InChI=1S/C22H18N6O2S/c1-13(25-20(29)16-7-4-8-28(30)11-16)14-5-3-6-15(9-14)21-26-18-19-17(24-12-27(19)2)10-23-22(18)31-21/h3-13H,1-2H3,(H,25,29)/t13-/m0/s1. The highest BCUT2D eigenvalue weighted by Gasteiger charge is 2.16. The molecule has 4 aromatic heterocycles. The van der Waals surface area contributed by atoms with Crippen LogP contribution in [0, 0.1) is 5.21 Å². The van der Waals surface area contributed by atoms with Crippen molar-refractivity contribution in [2.45, 2.75) is 13.0 Å². The third kappa shape index (κ3) is 3.49. The Morgan fingerprint density at radius 2 is 2.13 bits per heavy atom.